The highest BCUT2D eigenvalue weighted by molar-refractivity contribution is 7.18. The Morgan fingerprint density at radius 3 is 2.69 bits per heavy atom. The van der Waals surface area contributed by atoms with Crippen molar-refractivity contribution in [3.8, 4) is 0 Å². The average Bonchev–Trinajstić information content (AvgIpc) is 3.35. The van der Waals surface area contributed by atoms with E-state index >= 15 is 0 Å². The lowest BCUT2D eigenvalue weighted by molar-refractivity contribution is -0.142. The Bertz CT molecular complexity index is 1410. The maximum atomic E-state index is 13.0. The number of thiophene rings is 1. The predicted molar refractivity (Wildman–Crippen MR) is 122 cm³/mol. The number of aryl methyl sites for hydroxylation is 2. The molecule has 0 spiro atoms. The topological polar surface area (TPSA) is 120 Å². The summed E-state index contributed by atoms with van der Waals surface area (Å²) in [5.74, 6) is -1.80. The summed E-state index contributed by atoms with van der Waals surface area (Å²) >= 11 is 2.69. The minimum atomic E-state index is -1.30. The van der Waals surface area contributed by atoms with Crippen LogP contribution in [-0.2, 0) is 40.3 Å². The van der Waals surface area contributed by atoms with E-state index in [2.05, 4.69) is 4.98 Å². The number of esters is 1. The van der Waals surface area contributed by atoms with Crippen molar-refractivity contribution < 1.29 is 19.4 Å². The molecular weight excluding hydrogens is 454 g/mol. The fourth-order valence-electron chi connectivity index (χ4n) is 3.47. The van der Waals surface area contributed by atoms with Gasteiger partial charge in [0.05, 0.1) is 33.6 Å². The van der Waals surface area contributed by atoms with Crippen molar-refractivity contribution in [3.05, 3.63) is 61.1 Å². The fourth-order valence-corrected chi connectivity index (χ4v) is 5.51. The number of fused-ring (bicyclic) bond motifs is 2. The van der Waals surface area contributed by atoms with Crippen molar-refractivity contribution in [2.24, 2.45) is 0 Å². The van der Waals surface area contributed by atoms with Crippen LogP contribution in [0.5, 0.6) is 0 Å². The molecule has 0 atom stereocenters. The van der Waals surface area contributed by atoms with Gasteiger partial charge in [0.25, 0.3) is 5.56 Å². The number of rotatable bonds is 8. The molecule has 4 aromatic rings. The monoisotopic (exact) mass is 473 g/mol. The quantitative estimate of drug-likeness (QED) is 0.390. The molecule has 0 unspecified atom stereocenters. The van der Waals surface area contributed by atoms with Gasteiger partial charge in [-0.05, 0) is 30.0 Å². The minimum Gasteiger partial charge on any atom is -0.480 e. The molecule has 4 rings (SSSR count). The minimum absolute atomic E-state index is 0.133. The molecule has 3 heterocycles. The van der Waals surface area contributed by atoms with Gasteiger partial charge in [0.15, 0.2) is 0 Å². The van der Waals surface area contributed by atoms with E-state index in [1.165, 1.54) is 27.2 Å². The van der Waals surface area contributed by atoms with Gasteiger partial charge in [-0.1, -0.05) is 12.1 Å². The molecule has 0 saturated carbocycles. The van der Waals surface area contributed by atoms with Crippen LogP contribution in [0.4, 0.5) is 0 Å². The summed E-state index contributed by atoms with van der Waals surface area (Å²) in [5, 5.41) is 11.9. The van der Waals surface area contributed by atoms with E-state index in [-0.39, 0.29) is 25.0 Å². The molecule has 0 fully saturated rings. The average molecular weight is 474 g/mol. The van der Waals surface area contributed by atoms with Gasteiger partial charge in [-0.3, -0.25) is 19.0 Å². The number of thiazole rings is 1. The summed E-state index contributed by atoms with van der Waals surface area (Å²) in [6.07, 6.45) is 0.303. The molecule has 0 bridgehead atoms. The summed E-state index contributed by atoms with van der Waals surface area (Å²) in [5.41, 5.74) is -0.130. The van der Waals surface area contributed by atoms with E-state index in [9.17, 15) is 24.3 Å². The Labute approximate surface area is 189 Å². The Morgan fingerprint density at radius 1 is 1.19 bits per heavy atom. The van der Waals surface area contributed by atoms with Crippen molar-refractivity contribution in [2.45, 2.75) is 32.9 Å². The van der Waals surface area contributed by atoms with Gasteiger partial charge in [-0.2, -0.15) is 0 Å². The van der Waals surface area contributed by atoms with E-state index in [0.717, 1.165) is 15.2 Å². The zero-order valence-electron chi connectivity index (χ0n) is 17.1. The molecule has 1 aromatic carbocycles. The number of nitrogens with zero attached hydrogens (tertiary/aromatic N) is 3. The normalized spacial score (nSPS) is 11.3. The fraction of sp³-hybridized carbons (Fsp3) is 0.286. The third-order valence-electron chi connectivity index (χ3n) is 4.83. The second-order valence-corrected chi connectivity index (χ2v) is 8.94. The number of carbonyl (C=O) groups is 2. The highest BCUT2D eigenvalue weighted by Crippen LogP contribution is 2.25. The lowest BCUT2D eigenvalue weighted by Crippen LogP contribution is -2.41. The first-order chi connectivity index (χ1) is 15.4. The highest BCUT2D eigenvalue weighted by atomic mass is 32.1. The van der Waals surface area contributed by atoms with Crippen LogP contribution in [0.15, 0.2) is 39.2 Å². The number of hydrogen-bond donors (Lipinski definition) is 1. The lowest BCUT2D eigenvalue weighted by Gasteiger charge is -2.11. The second-order valence-electron chi connectivity index (χ2n) is 6.97. The van der Waals surface area contributed by atoms with Gasteiger partial charge in [0, 0.05) is 13.0 Å². The number of para-hydroxylation sites is 1. The SMILES string of the molecule is CCOC(=O)Cc1csc2c1c(=O)n(CC(=O)O)c(=O)n2CCc1nc2ccccc2s1. The largest absolute Gasteiger partial charge is 0.480 e. The molecule has 1 N–H and O–H groups in total. The van der Waals surface area contributed by atoms with Crippen molar-refractivity contribution in [2.75, 3.05) is 6.61 Å². The van der Waals surface area contributed by atoms with Crippen molar-refractivity contribution >= 4 is 55.0 Å². The van der Waals surface area contributed by atoms with E-state index in [4.69, 9.17) is 4.74 Å². The van der Waals surface area contributed by atoms with E-state index in [0.29, 0.717) is 21.4 Å². The van der Waals surface area contributed by atoms with Gasteiger partial charge in [-0.25, -0.2) is 14.3 Å². The van der Waals surface area contributed by atoms with Gasteiger partial charge in [-0.15, -0.1) is 22.7 Å². The van der Waals surface area contributed by atoms with Crippen LogP contribution in [-0.4, -0.2) is 37.8 Å². The van der Waals surface area contributed by atoms with Crippen LogP contribution in [0.1, 0.15) is 17.5 Å². The number of benzene rings is 1. The van der Waals surface area contributed by atoms with Gasteiger partial charge in [0.2, 0.25) is 0 Å². The van der Waals surface area contributed by atoms with E-state index in [1.54, 1.807) is 12.3 Å². The van der Waals surface area contributed by atoms with Crippen LogP contribution >= 0.6 is 22.7 Å². The third kappa shape index (κ3) is 4.21. The molecule has 0 saturated heterocycles. The molecule has 9 nitrogen and oxygen atoms in total. The molecule has 0 amide bonds. The standard InChI is InChI=1S/C21H19N3O6S2/c1-2-30-17(27)9-12-11-31-20-18(12)19(28)24(10-16(25)26)21(29)23(20)8-7-15-22-13-5-3-4-6-14(13)32-15/h3-6,11H,2,7-10H2,1H3,(H,25,26). The summed E-state index contributed by atoms with van der Waals surface area (Å²) in [4.78, 5) is 54.3. The Morgan fingerprint density at radius 2 is 1.97 bits per heavy atom. The Balaban J connectivity index is 1.78. The number of aromatic nitrogens is 3. The summed E-state index contributed by atoms with van der Waals surface area (Å²) in [6.45, 7) is 1.35. The molecule has 0 aliphatic carbocycles. The first-order valence-corrected chi connectivity index (χ1v) is 11.5. The molecule has 166 valence electrons. The van der Waals surface area contributed by atoms with Crippen LogP contribution in [0, 0.1) is 0 Å². The number of ether oxygens (including phenoxy) is 1. The molecule has 3 aromatic heterocycles. The third-order valence-corrected chi connectivity index (χ3v) is 6.98. The van der Waals surface area contributed by atoms with Crippen LogP contribution in [0.3, 0.4) is 0 Å². The number of aliphatic carboxylic acids is 1. The molecule has 0 aliphatic rings. The molecule has 0 aliphatic heterocycles. The Hall–Kier alpha value is -3.31. The summed E-state index contributed by atoms with van der Waals surface area (Å²) in [7, 11) is 0. The molecule has 11 heteroatoms. The number of carboxylic acids is 1. The van der Waals surface area contributed by atoms with Crippen molar-refractivity contribution in [1.29, 1.82) is 0 Å². The maximum absolute atomic E-state index is 13.0. The Kier molecular flexibility index (Phi) is 6.19. The van der Waals surface area contributed by atoms with Gasteiger partial charge >= 0.3 is 17.6 Å². The molecule has 32 heavy (non-hydrogen) atoms. The molecule has 0 radical (unpaired) electrons. The number of carbonyl (C=O) groups excluding carboxylic acids is 1. The van der Waals surface area contributed by atoms with Crippen LogP contribution < -0.4 is 11.2 Å². The smallest absolute Gasteiger partial charge is 0.332 e. The highest BCUT2D eigenvalue weighted by Gasteiger charge is 2.21. The van der Waals surface area contributed by atoms with E-state index < -0.39 is 29.7 Å². The lowest BCUT2D eigenvalue weighted by atomic mass is 10.2. The second kappa shape index (κ2) is 9.05. The number of hydrogen-bond acceptors (Lipinski definition) is 8. The van der Waals surface area contributed by atoms with E-state index in [1.807, 2.05) is 24.3 Å². The number of carboxylic acid groups (broad SMARTS) is 1. The molecular formula is C21H19N3O6S2. The van der Waals surface area contributed by atoms with Crippen LogP contribution in [0.25, 0.3) is 20.4 Å². The predicted octanol–water partition coefficient (Wildman–Crippen LogP) is 2.27. The maximum Gasteiger partial charge on any atom is 0.332 e. The van der Waals surface area contributed by atoms with Gasteiger partial charge < -0.3 is 9.84 Å². The zero-order valence-corrected chi connectivity index (χ0v) is 18.7. The summed E-state index contributed by atoms with van der Waals surface area (Å²) in [6, 6.07) is 7.71. The first kappa shape index (κ1) is 21.9. The van der Waals surface area contributed by atoms with Crippen molar-refractivity contribution in [3.63, 3.8) is 0 Å². The first-order valence-electron chi connectivity index (χ1n) is 9.84. The van der Waals surface area contributed by atoms with Crippen molar-refractivity contribution in [1.82, 2.24) is 14.1 Å². The van der Waals surface area contributed by atoms with Crippen LogP contribution in [0.2, 0.25) is 0 Å². The zero-order chi connectivity index (χ0) is 22.8. The summed E-state index contributed by atoms with van der Waals surface area (Å²) < 4.78 is 8.10. The van der Waals surface area contributed by atoms with Gasteiger partial charge in [0.1, 0.15) is 11.4 Å².